The van der Waals surface area contributed by atoms with Crippen LogP contribution in [0.15, 0.2) is 52.3 Å². The van der Waals surface area contributed by atoms with E-state index in [0.29, 0.717) is 17.0 Å². The summed E-state index contributed by atoms with van der Waals surface area (Å²) >= 11 is 3.06. The summed E-state index contributed by atoms with van der Waals surface area (Å²) in [4.78, 5) is 25.9. The monoisotopic (exact) mass is 330 g/mol. The lowest BCUT2D eigenvalue weighted by Gasteiger charge is -2.17. The van der Waals surface area contributed by atoms with Crippen LogP contribution in [0.5, 0.6) is 0 Å². The Morgan fingerprint density at radius 3 is 2.91 bits per heavy atom. The summed E-state index contributed by atoms with van der Waals surface area (Å²) in [6.07, 6.45) is 1.97. The fourth-order valence-electron chi connectivity index (χ4n) is 2.17. The first kappa shape index (κ1) is 15.0. The van der Waals surface area contributed by atoms with Gasteiger partial charge in [-0.15, -0.1) is 23.5 Å². The Bertz CT molecular complexity index is 747. The van der Waals surface area contributed by atoms with Crippen molar-refractivity contribution < 1.29 is 9.59 Å². The minimum absolute atomic E-state index is 0.0391. The molecule has 22 heavy (non-hydrogen) atoms. The molecule has 2 aromatic carbocycles. The molecule has 0 aromatic heterocycles. The molecule has 4 nitrogen and oxygen atoms in total. The van der Waals surface area contributed by atoms with Gasteiger partial charge in [-0.1, -0.05) is 12.1 Å². The number of hydrogen-bond donors (Lipinski definition) is 2. The Labute approximate surface area is 137 Å². The quantitative estimate of drug-likeness (QED) is 0.843. The number of nitrogens with one attached hydrogen (secondary N) is 2. The second-order valence-electron chi connectivity index (χ2n) is 4.70. The summed E-state index contributed by atoms with van der Waals surface area (Å²) in [7, 11) is 0. The van der Waals surface area contributed by atoms with Crippen molar-refractivity contribution in [3.8, 4) is 0 Å². The number of hydrogen-bond acceptors (Lipinski definition) is 4. The highest BCUT2D eigenvalue weighted by atomic mass is 32.2. The van der Waals surface area contributed by atoms with Gasteiger partial charge in [0.25, 0.3) is 5.91 Å². The van der Waals surface area contributed by atoms with Crippen molar-refractivity contribution in [2.24, 2.45) is 0 Å². The molecule has 6 heteroatoms. The molecule has 0 fully saturated rings. The number of fused-ring (bicyclic) bond motifs is 1. The van der Waals surface area contributed by atoms with Crippen LogP contribution >= 0.6 is 23.5 Å². The van der Waals surface area contributed by atoms with E-state index in [0.717, 1.165) is 15.5 Å². The van der Waals surface area contributed by atoms with E-state index in [-0.39, 0.29) is 11.8 Å². The van der Waals surface area contributed by atoms with E-state index < -0.39 is 0 Å². The van der Waals surface area contributed by atoms with Gasteiger partial charge in [-0.05, 0) is 36.6 Å². The van der Waals surface area contributed by atoms with Crippen LogP contribution < -0.4 is 10.6 Å². The largest absolute Gasteiger partial charge is 0.324 e. The smallest absolute Gasteiger partial charge is 0.255 e. The zero-order chi connectivity index (χ0) is 15.5. The van der Waals surface area contributed by atoms with Gasteiger partial charge in [-0.3, -0.25) is 9.59 Å². The molecule has 0 unspecified atom stereocenters. The van der Waals surface area contributed by atoms with Gasteiger partial charge in [0, 0.05) is 15.4 Å². The summed E-state index contributed by atoms with van der Waals surface area (Å²) in [6.45, 7) is 0. The standard InChI is InChI=1S/C16H14N2O2S2/c1-21-13-5-3-2-4-11(13)18-16(20)10-6-7-14-12(8-10)17-15(19)9-22-14/h2-8H,9H2,1H3,(H,17,19)(H,18,20). The maximum absolute atomic E-state index is 12.4. The number of thioether (sulfide) groups is 2. The second-order valence-corrected chi connectivity index (χ2v) is 6.57. The van der Waals surface area contributed by atoms with Gasteiger partial charge in [0.2, 0.25) is 5.91 Å². The van der Waals surface area contributed by atoms with E-state index in [2.05, 4.69) is 10.6 Å². The Hall–Kier alpha value is -1.92. The Kier molecular flexibility index (Phi) is 4.40. The molecule has 2 N–H and O–H groups in total. The van der Waals surface area contributed by atoms with E-state index in [9.17, 15) is 9.59 Å². The molecule has 2 aromatic rings. The highest BCUT2D eigenvalue weighted by Gasteiger charge is 2.17. The molecule has 1 heterocycles. The number of rotatable bonds is 3. The van der Waals surface area contributed by atoms with Crippen molar-refractivity contribution in [3.05, 3.63) is 48.0 Å². The highest BCUT2D eigenvalue weighted by Crippen LogP contribution is 2.32. The number of anilines is 2. The molecule has 0 atom stereocenters. The molecule has 1 aliphatic heterocycles. The van der Waals surface area contributed by atoms with Gasteiger partial charge >= 0.3 is 0 Å². The van der Waals surface area contributed by atoms with Crippen LogP contribution in [0, 0.1) is 0 Å². The number of benzene rings is 2. The van der Waals surface area contributed by atoms with Gasteiger partial charge in [-0.2, -0.15) is 0 Å². The predicted octanol–water partition coefficient (Wildman–Crippen LogP) is 3.71. The molecule has 1 aliphatic rings. The Morgan fingerprint density at radius 1 is 1.27 bits per heavy atom. The lowest BCUT2D eigenvalue weighted by Crippen LogP contribution is -2.20. The molecule has 0 bridgehead atoms. The van der Waals surface area contributed by atoms with Crippen LogP contribution in [-0.4, -0.2) is 23.8 Å². The third-order valence-electron chi connectivity index (χ3n) is 3.23. The van der Waals surface area contributed by atoms with Crippen molar-refractivity contribution in [3.63, 3.8) is 0 Å². The highest BCUT2D eigenvalue weighted by molar-refractivity contribution is 8.00. The fraction of sp³-hybridized carbons (Fsp3) is 0.125. The maximum Gasteiger partial charge on any atom is 0.255 e. The number of amides is 2. The van der Waals surface area contributed by atoms with Gasteiger partial charge in [-0.25, -0.2) is 0 Å². The first-order chi connectivity index (χ1) is 10.7. The van der Waals surface area contributed by atoms with Crippen molar-refractivity contribution in [2.75, 3.05) is 22.6 Å². The summed E-state index contributed by atoms with van der Waals surface area (Å²) in [5.41, 5.74) is 2.01. The first-order valence-corrected chi connectivity index (χ1v) is 8.89. The number of carbonyl (C=O) groups is 2. The SMILES string of the molecule is CSc1ccccc1NC(=O)c1ccc2c(c1)NC(=O)CS2. The zero-order valence-electron chi connectivity index (χ0n) is 11.9. The van der Waals surface area contributed by atoms with Crippen molar-refractivity contribution in [2.45, 2.75) is 9.79 Å². The maximum atomic E-state index is 12.4. The molecule has 112 valence electrons. The van der Waals surface area contributed by atoms with E-state index in [1.54, 1.807) is 23.9 Å². The van der Waals surface area contributed by atoms with Crippen LogP contribution in [-0.2, 0) is 4.79 Å². The van der Waals surface area contributed by atoms with Crippen molar-refractivity contribution >= 4 is 46.7 Å². The normalized spacial score (nSPS) is 13.2. The second kappa shape index (κ2) is 6.46. The number of carbonyl (C=O) groups excluding carboxylic acids is 2. The van der Waals surface area contributed by atoms with Gasteiger partial charge in [0.1, 0.15) is 0 Å². The average Bonchev–Trinajstić information content (AvgIpc) is 2.54. The lowest BCUT2D eigenvalue weighted by atomic mass is 10.1. The molecular formula is C16H14N2O2S2. The molecule has 0 aliphatic carbocycles. The number of para-hydroxylation sites is 1. The van der Waals surface area contributed by atoms with Gasteiger partial charge < -0.3 is 10.6 Å². The molecule has 0 spiro atoms. The van der Waals surface area contributed by atoms with Crippen LogP contribution in [0.1, 0.15) is 10.4 Å². The van der Waals surface area contributed by atoms with E-state index in [1.165, 1.54) is 11.8 Å². The van der Waals surface area contributed by atoms with Crippen molar-refractivity contribution in [1.29, 1.82) is 0 Å². The van der Waals surface area contributed by atoms with Crippen molar-refractivity contribution in [1.82, 2.24) is 0 Å². The Morgan fingerprint density at radius 2 is 2.09 bits per heavy atom. The Balaban J connectivity index is 1.83. The van der Waals surface area contributed by atoms with Gasteiger partial charge in [0.15, 0.2) is 0 Å². The lowest BCUT2D eigenvalue weighted by molar-refractivity contribution is -0.113. The third-order valence-corrected chi connectivity index (χ3v) is 5.10. The van der Waals surface area contributed by atoms with Gasteiger partial charge in [0.05, 0.1) is 17.1 Å². The van der Waals surface area contributed by atoms with Crippen LogP contribution in [0.3, 0.4) is 0 Å². The van der Waals surface area contributed by atoms with Crippen LogP contribution in [0.25, 0.3) is 0 Å². The fourth-order valence-corrected chi connectivity index (χ4v) is 3.51. The molecule has 0 radical (unpaired) electrons. The average molecular weight is 330 g/mol. The summed E-state index contributed by atoms with van der Waals surface area (Å²) in [5.74, 6) is 0.191. The summed E-state index contributed by atoms with van der Waals surface area (Å²) in [6, 6.07) is 13.0. The van der Waals surface area contributed by atoms with E-state index in [4.69, 9.17) is 0 Å². The van der Waals surface area contributed by atoms with E-state index >= 15 is 0 Å². The molecule has 0 saturated heterocycles. The molecule has 3 rings (SSSR count). The topological polar surface area (TPSA) is 58.2 Å². The summed E-state index contributed by atoms with van der Waals surface area (Å²) in [5, 5.41) is 5.71. The molecule has 0 saturated carbocycles. The zero-order valence-corrected chi connectivity index (χ0v) is 13.5. The minimum atomic E-state index is -0.186. The first-order valence-electron chi connectivity index (χ1n) is 6.68. The molecular weight excluding hydrogens is 316 g/mol. The van der Waals surface area contributed by atoms with Crippen LogP contribution in [0.2, 0.25) is 0 Å². The predicted molar refractivity (Wildman–Crippen MR) is 92.0 cm³/mol. The van der Waals surface area contributed by atoms with E-state index in [1.807, 2.05) is 36.6 Å². The third kappa shape index (κ3) is 3.13. The molecule has 2 amide bonds. The summed E-state index contributed by atoms with van der Waals surface area (Å²) < 4.78 is 0. The minimum Gasteiger partial charge on any atom is -0.324 e. The van der Waals surface area contributed by atoms with Crippen LogP contribution in [0.4, 0.5) is 11.4 Å².